The Morgan fingerprint density at radius 2 is 2.20 bits per heavy atom. The van der Waals surface area contributed by atoms with Gasteiger partial charge >= 0.3 is 11.0 Å². The maximum atomic E-state index is 11.6. The summed E-state index contributed by atoms with van der Waals surface area (Å²) in [5.74, 6) is 0. The minimum absolute atomic E-state index is 0.119. The molecule has 1 aromatic carbocycles. The molecule has 2 aromatic rings. The first-order chi connectivity index (χ1) is 9.56. The number of urea groups is 1. The number of hydrogen-bond acceptors (Lipinski definition) is 5. The summed E-state index contributed by atoms with van der Waals surface area (Å²) >= 11 is 4.18. The Bertz CT molecular complexity index is 646. The molecule has 0 saturated heterocycles. The van der Waals surface area contributed by atoms with Crippen molar-refractivity contribution in [3.05, 3.63) is 50.6 Å². The summed E-state index contributed by atoms with van der Waals surface area (Å²) in [4.78, 5) is 25.3. The summed E-state index contributed by atoms with van der Waals surface area (Å²) in [5, 5.41) is 15.6. The van der Waals surface area contributed by atoms with Crippen LogP contribution in [-0.4, -0.2) is 15.9 Å². The Labute approximate surface area is 126 Å². The quantitative estimate of drug-likeness (QED) is 0.649. The number of anilines is 1. The fraction of sp³-hybridized carbons (Fsp3) is 0.0909. The first-order valence-electron chi connectivity index (χ1n) is 5.45. The summed E-state index contributed by atoms with van der Waals surface area (Å²) in [7, 11) is 0. The van der Waals surface area contributed by atoms with Crippen molar-refractivity contribution in [2.75, 3.05) is 5.32 Å². The highest BCUT2D eigenvalue weighted by Crippen LogP contribution is 2.24. The Morgan fingerprint density at radius 1 is 1.45 bits per heavy atom. The Morgan fingerprint density at radius 3 is 2.85 bits per heavy atom. The third-order valence-electron chi connectivity index (χ3n) is 2.29. The summed E-state index contributed by atoms with van der Waals surface area (Å²) in [6.07, 6.45) is 1.11. The van der Waals surface area contributed by atoms with E-state index in [4.69, 9.17) is 0 Å². The summed E-state index contributed by atoms with van der Waals surface area (Å²) in [5.41, 5.74) is 0.924. The van der Waals surface area contributed by atoms with Crippen LogP contribution in [0.15, 0.2) is 34.9 Å². The molecule has 1 aromatic heterocycles. The van der Waals surface area contributed by atoms with Gasteiger partial charge in [-0.25, -0.2) is 9.78 Å². The third kappa shape index (κ3) is 3.75. The van der Waals surface area contributed by atoms with Crippen LogP contribution in [0, 0.1) is 10.1 Å². The zero-order valence-corrected chi connectivity index (χ0v) is 12.4. The van der Waals surface area contributed by atoms with Crippen LogP contribution >= 0.6 is 27.3 Å². The van der Waals surface area contributed by atoms with Crippen molar-refractivity contribution in [1.29, 1.82) is 0 Å². The summed E-state index contributed by atoms with van der Waals surface area (Å²) in [6.45, 7) is 0.334. The van der Waals surface area contributed by atoms with Gasteiger partial charge in [0, 0.05) is 11.0 Å². The van der Waals surface area contributed by atoms with Crippen molar-refractivity contribution in [1.82, 2.24) is 10.3 Å². The molecule has 0 atom stereocenters. The van der Waals surface area contributed by atoms with Crippen molar-refractivity contribution in [3.8, 4) is 0 Å². The van der Waals surface area contributed by atoms with E-state index in [1.165, 1.54) is 0 Å². The molecule has 0 bridgehead atoms. The largest absolute Gasteiger partial charge is 0.345 e. The second-order valence-electron chi connectivity index (χ2n) is 3.66. The number of carbonyl (C=O) groups excluding carboxylic acids is 1. The first kappa shape index (κ1) is 14.4. The van der Waals surface area contributed by atoms with E-state index in [1.54, 1.807) is 0 Å². The van der Waals surface area contributed by atoms with E-state index in [0.717, 1.165) is 27.6 Å². The molecular formula is C11H9BrN4O3S. The van der Waals surface area contributed by atoms with E-state index >= 15 is 0 Å². The number of rotatable bonds is 4. The highest BCUT2D eigenvalue weighted by molar-refractivity contribution is 9.10. The monoisotopic (exact) mass is 356 g/mol. The van der Waals surface area contributed by atoms with Crippen molar-refractivity contribution in [2.24, 2.45) is 0 Å². The van der Waals surface area contributed by atoms with E-state index in [0.29, 0.717) is 6.54 Å². The maximum Gasteiger partial charge on any atom is 0.345 e. The Kier molecular flexibility index (Phi) is 4.64. The predicted octanol–water partition coefficient (Wildman–Crippen LogP) is 3.14. The molecule has 0 aliphatic heterocycles. The molecule has 104 valence electrons. The van der Waals surface area contributed by atoms with Crippen LogP contribution in [0.4, 0.5) is 14.9 Å². The molecule has 2 amide bonds. The lowest BCUT2D eigenvalue weighted by molar-refractivity contribution is -0.380. The molecular weight excluding hydrogens is 348 g/mol. The van der Waals surface area contributed by atoms with Crippen LogP contribution in [0.5, 0.6) is 0 Å². The third-order valence-corrected chi connectivity index (χ3v) is 3.93. The SMILES string of the molecule is O=C(NCc1ccccc1Br)Nc1ncc([N+](=O)[O-])s1. The summed E-state index contributed by atoms with van der Waals surface area (Å²) in [6, 6.07) is 7.02. The van der Waals surface area contributed by atoms with Crippen molar-refractivity contribution in [2.45, 2.75) is 6.54 Å². The van der Waals surface area contributed by atoms with Gasteiger partial charge in [-0.05, 0) is 23.0 Å². The van der Waals surface area contributed by atoms with Crippen LogP contribution in [0.3, 0.4) is 0 Å². The Balaban J connectivity index is 1.89. The molecule has 0 spiro atoms. The van der Waals surface area contributed by atoms with E-state index in [9.17, 15) is 14.9 Å². The number of nitrogens with one attached hydrogen (secondary N) is 2. The molecule has 0 aliphatic carbocycles. The number of hydrogen-bond donors (Lipinski definition) is 2. The number of benzene rings is 1. The predicted molar refractivity (Wildman–Crippen MR) is 78.8 cm³/mol. The zero-order valence-electron chi connectivity index (χ0n) is 10.00. The van der Waals surface area contributed by atoms with Gasteiger partial charge in [-0.1, -0.05) is 34.1 Å². The second-order valence-corrected chi connectivity index (χ2v) is 5.52. The number of amides is 2. The first-order valence-corrected chi connectivity index (χ1v) is 7.05. The van der Waals surface area contributed by atoms with E-state index < -0.39 is 11.0 Å². The van der Waals surface area contributed by atoms with Gasteiger partial charge in [-0.3, -0.25) is 15.4 Å². The van der Waals surface area contributed by atoms with Gasteiger partial charge in [0.25, 0.3) is 0 Å². The second kappa shape index (κ2) is 6.44. The van der Waals surface area contributed by atoms with E-state index in [2.05, 4.69) is 31.5 Å². The topological polar surface area (TPSA) is 97.2 Å². The molecule has 9 heteroatoms. The average Bonchev–Trinajstić information content (AvgIpc) is 2.86. The van der Waals surface area contributed by atoms with Crippen molar-refractivity contribution in [3.63, 3.8) is 0 Å². The van der Waals surface area contributed by atoms with Crippen LogP contribution in [-0.2, 0) is 6.54 Å². The van der Waals surface area contributed by atoms with Crippen molar-refractivity contribution >= 4 is 43.4 Å². The highest BCUT2D eigenvalue weighted by atomic mass is 79.9. The Hall–Kier alpha value is -2.00. The van der Waals surface area contributed by atoms with Gasteiger partial charge in [-0.15, -0.1) is 0 Å². The molecule has 2 N–H and O–H groups in total. The van der Waals surface area contributed by atoms with Gasteiger partial charge < -0.3 is 5.32 Å². The van der Waals surface area contributed by atoms with Crippen LogP contribution < -0.4 is 10.6 Å². The van der Waals surface area contributed by atoms with Crippen molar-refractivity contribution < 1.29 is 9.72 Å². The minimum Gasteiger partial charge on any atom is -0.334 e. The van der Waals surface area contributed by atoms with Crippen LogP contribution in [0.25, 0.3) is 0 Å². The molecule has 0 fully saturated rings. The number of nitrogens with zero attached hydrogens (tertiary/aromatic N) is 2. The maximum absolute atomic E-state index is 11.6. The number of halogens is 1. The molecule has 0 unspecified atom stereocenters. The fourth-order valence-electron chi connectivity index (χ4n) is 1.37. The van der Waals surface area contributed by atoms with Crippen LogP contribution in [0.1, 0.15) is 5.56 Å². The molecule has 20 heavy (non-hydrogen) atoms. The molecule has 7 nitrogen and oxygen atoms in total. The van der Waals surface area contributed by atoms with Gasteiger partial charge in [-0.2, -0.15) is 0 Å². The number of nitro groups is 1. The molecule has 1 heterocycles. The number of thiazole rings is 1. The number of carbonyl (C=O) groups is 1. The van der Waals surface area contributed by atoms with Gasteiger partial charge in [0.05, 0.1) is 4.92 Å². The lowest BCUT2D eigenvalue weighted by atomic mass is 10.2. The molecule has 2 rings (SSSR count). The van der Waals surface area contributed by atoms with Crippen LogP contribution in [0.2, 0.25) is 0 Å². The van der Waals surface area contributed by atoms with E-state index in [-0.39, 0.29) is 10.1 Å². The van der Waals surface area contributed by atoms with Gasteiger partial charge in [0.2, 0.25) is 0 Å². The number of aromatic nitrogens is 1. The minimum atomic E-state index is -0.554. The molecule has 0 saturated carbocycles. The average molecular weight is 357 g/mol. The zero-order chi connectivity index (χ0) is 14.5. The highest BCUT2D eigenvalue weighted by Gasteiger charge is 2.13. The lowest BCUT2D eigenvalue weighted by Crippen LogP contribution is -2.28. The molecule has 0 radical (unpaired) electrons. The van der Waals surface area contributed by atoms with E-state index in [1.807, 2.05) is 24.3 Å². The fourth-order valence-corrected chi connectivity index (χ4v) is 2.42. The lowest BCUT2D eigenvalue weighted by Gasteiger charge is -2.06. The standard InChI is InChI=1S/C11H9BrN4O3S/c12-8-4-2-1-3-7(8)5-13-10(17)15-11-14-6-9(20-11)16(18)19/h1-4,6H,5H2,(H2,13,14,15,17). The van der Waals surface area contributed by atoms with Gasteiger partial charge in [0.1, 0.15) is 6.20 Å². The smallest absolute Gasteiger partial charge is 0.334 e. The normalized spacial score (nSPS) is 10.1. The van der Waals surface area contributed by atoms with Gasteiger partial charge in [0.15, 0.2) is 5.13 Å². The summed E-state index contributed by atoms with van der Waals surface area (Å²) < 4.78 is 0.894. The molecule has 0 aliphatic rings.